The molecule has 0 unspecified atom stereocenters. The van der Waals surface area contributed by atoms with Crippen molar-refractivity contribution in [2.24, 2.45) is 16.7 Å². The third-order valence-corrected chi connectivity index (χ3v) is 10.5. The van der Waals surface area contributed by atoms with Crippen LogP contribution in [0.25, 0.3) is 0 Å². The Bertz CT molecular complexity index is 949. The summed E-state index contributed by atoms with van der Waals surface area (Å²) in [6.07, 6.45) is -0.504. The van der Waals surface area contributed by atoms with Gasteiger partial charge in [-0.25, -0.2) is 0 Å². The number of nitrogens with zero attached hydrogens (tertiary/aromatic N) is 2. The molecule has 0 aromatic carbocycles. The Morgan fingerprint density at radius 1 is 1.16 bits per heavy atom. The number of aliphatic hydroxyl groups is 3. The van der Waals surface area contributed by atoms with E-state index in [1.54, 1.807) is 13.8 Å². The minimum atomic E-state index is -2.20. The van der Waals surface area contributed by atoms with Crippen LogP contribution in [0.4, 0.5) is 0 Å². The van der Waals surface area contributed by atoms with E-state index in [0.717, 1.165) is 32.7 Å². The topological polar surface area (TPSA) is 120 Å². The van der Waals surface area contributed by atoms with E-state index < -0.39 is 63.6 Å². The van der Waals surface area contributed by atoms with Gasteiger partial charge in [-0.05, 0) is 52.1 Å². The molecule has 2 aliphatic carbocycles. The molecule has 9 heteroatoms. The molecular weight excluding hydrogens is 488 g/mol. The van der Waals surface area contributed by atoms with Crippen molar-refractivity contribution < 1.29 is 34.4 Å². The largest absolute Gasteiger partial charge is 0.459 e. The Kier molecular flexibility index (Phi) is 7.74. The van der Waals surface area contributed by atoms with Gasteiger partial charge < -0.3 is 34.6 Å². The summed E-state index contributed by atoms with van der Waals surface area (Å²) in [4.78, 5) is 31.6. The molecule has 0 bridgehead atoms. The number of Topliss-reactive ketones (excluding diaryl/α,β-unsaturated/α-hetero) is 1. The highest BCUT2D eigenvalue weighted by Crippen LogP contribution is 2.67. The summed E-state index contributed by atoms with van der Waals surface area (Å²) in [7, 11) is 2.10. The second-order valence-corrected chi connectivity index (χ2v) is 13.5. The van der Waals surface area contributed by atoms with Gasteiger partial charge in [0.1, 0.15) is 17.8 Å². The van der Waals surface area contributed by atoms with Gasteiger partial charge in [-0.3, -0.25) is 9.59 Å². The highest BCUT2D eigenvalue weighted by Gasteiger charge is 2.81. The van der Waals surface area contributed by atoms with Crippen molar-refractivity contribution in [2.75, 3.05) is 39.8 Å². The molecule has 8 atom stereocenters. The zero-order chi connectivity index (χ0) is 28.3. The van der Waals surface area contributed by atoms with Gasteiger partial charge in [-0.2, -0.15) is 0 Å². The molecule has 0 aromatic rings. The van der Waals surface area contributed by atoms with E-state index in [-0.39, 0.29) is 12.8 Å². The fourth-order valence-corrected chi connectivity index (χ4v) is 8.13. The third-order valence-electron chi connectivity index (χ3n) is 10.5. The number of carbonyl (C=O) groups is 2. The van der Waals surface area contributed by atoms with Crippen molar-refractivity contribution in [3.05, 3.63) is 12.7 Å². The van der Waals surface area contributed by atoms with Gasteiger partial charge in [0.15, 0.2) is 11.4 Å². The van der Waals surface area contributed by atoms with Crippen molar-refractivity contribution in [3.63, 3.8) is 0 Å². The summed E-state index contributed by atoms with van der Waals surface area (Å²) in [6.45, 7) is 17.4. The number of esters is 1. The lowest BCUT2D eigenvalue weighted by atomic mass is 9.40. The molecule has 216 valence electrons. The summed E-state index contributed by atoms with van der Waals surface area (Å²) in [5.41, 5.74) is -7.14. The van der Waals surface area contributed by atoms with Crippen LogP contribution in [-0.4, -0.2) is 112 Å². The number of fused-ring (bicyclic) bond motifs is 3. The van der Waals surface area contributed by atoms with E-state index in [0.29, 0.717) is 19.3 Å². The monoisotopic (exact) mass is 536 g/mol. The molecular formula is C29H48N2O7. The van der Waals surface area contributed by atoms with Crippen molar-refractivity contribution in [2.45, 2.75) is 102 Å². The molecule has 2 saturated carbocycles. The molecule has 4 aliphatic rings. The average molecular weight is 537 g/mol. The first-order chi connectivity index (χ1) is 17.6. The molecule has 38 heavy (non-hydrogen) atoms. The average Bonchev–Trinajstić information content (AvgIpc) is 2.84. The quantitative estimate of drug-likeness (QED) is 0.343. The minimum absolute atomic E-state index is 0.137. The zero-order valence-electron chi connectivity index (χ0n) is 24.0. The Balaban J connectivity index is 1.64. The van der Waals surface area contributed by atoms with E-state index in [4.69, 9.17) is 9.47 Å². The number of carbonyl (C=O) groups excluding carboxylic acids is 2. The Morgan fingerprint density at radius 3 is 2.39 bits per heavy atom. The number of hydrogen-bond donors (Lipinski definition) is 3. The SMILES string of the molecule is C=C[C@@]1(C)CC(=O)[C@]2(O)[C@@]3(C)[C@@H](O)CCC(C)(C)[C@@H]3[C@H](OC(=O)CCCN3CCN(C)CC3)[C@H](O)[C@@]2(C)O1. The first-order valence-corrected chi connectivity index (χ1v) is 14.1. The van der Waals surface area contributed by atoms with Crippen LogP contribution in [0.15, 0.2) is 12.7 Å². The normalized spacial score (nSPS) is 45.7. The predicted molar refractivity (Wildman–Crippen MR) is 142 cm³/mol. The molecule has 3 N–H and O–H groups in total. The third kappa shape index (κ3) is 4.38. The summed E-state index contributed by atoms with van der Waals surface area (Å²) in [5, 5.41) is 35.7. The summed E-state index contributed by atoms with van der Waals surface area (Å²) in [5.74, 6) is -1.63. The minimum Gasteiger partial charge on any atom is -0.459 e. The lowest BCUT2D eigenvalue weighted by Gasteiger charge is -2.71. The molecule has 0 amide bonds. The van der Waals surface area contributed by atoms with Crippen molar-refractivity contribution >= 4 is 11.8 Å². The molecule has 2 heterocycles. The molecule has 0 radical (unpaired) electrons. The number of aliphatic hydroxyl groups excluding tert-OH is 2. The molecule has 4 fully saturated rings. The van der Waals surface area contributed by atoms with Crippen LogP contribution in [0.3, 0.4) is 0 Å². The number of hydrogen-bond acceptors (Lipinski definition) is 9. The van der Waals surface area contributed by atoms with Crippen LogP contribution < -0.4 is 0 Å². The number of likely N-dealkylation sites (N-methyl/N-ethyl adjacent to an activating group) is 1. The highest BCUT2D eigenvalue weighted by atomic mass is 16.6. The highest BCUT2D eigenvalue weighted by molar-refractivity contribution is 5.92. The number of piperazine rings is 1. The van der Waals surface area contributed by atoms with Crippen molar-refractivity contribution in [1.82, 2.24) is 9.80 Å². The van der Waals surface area contributed by atoms with Gasteiger partial charge in [0, 0.05) is 50.4 Å². The standard InChI is InChI=1S/C29H48N2O7/c1-8-26(4)18-20(33)29(36)27(5)19(32)11-12-25(2,3)23(27)22(24(35)28(29,6)38-26)37-21(34)10-9-13-31-16-14-30(7)15-17-31/h8,19,22-24,32,35-36H,1,9-18H2,2-7H3/t19-,22-,23-,24-,26-,27-,28+,29-/m0/s1. The predicted octanol–water partition coefficient (Wildman–Crippen LogP) is 1.53. The first kappa shape index (κ1) is 29.6. The van der Waals surface area contributed by atoms with Crippen LogP contribution >= 0.6 is 0 Å². The van der Waals surface area contributed by atoms with Gasteiger partial charge in [0.25, 0.3) is 0 Å². The molecule has 0 spiro atoms. The van der Waals surface area contributed by atoms with Gasteiger partial charge >= 0.3 is 5.97 Å². The van der Waals surface area contributed by atoms with E-state index in [2.05, 4.69) is 23.4 Å². The maximum Gasteiger partial charge on any atom is 0.306 e. The molecule has 4 rings (SSSR count). The summed E-state index contributed by atoms with van der Waals surface area (Å²) >= 11 is 0. The lowest BCUT2D eigenvalue weighted by molar-refractivity contribution is -0.370. The van der Waals surface area contributed by atoms with Gasteiger partial charge in [-0.1, -0.05) is 26.8 Å². The fraction of sp³-hybridized carbons (Fsp3) is 0.862. The van der Waals surface area contributed by atoms with Crippen molar-refractivity contribution in [1.29, 1.82) is 0 Å². The first-order valence-electron chi connectivity index (χ1n) is 14.1. The second-order valence-electron chi connectivity index (χ2n) is 13.5. The number of rotatable bonds is 6. The van der Waals surface area contributed by atoms with Gasteiger partial charge in [0.2, 0.25) is 0 Å². The Hall–Kier alpha value is -1.36. The summed E-state index contributed by atoms with van der Waals surface area (Å²) in [6, 6.07) is 0. The van der Waals surface area contributed by atoms with Crippen LogP contribution in [0.5, 0.6) is 0 Å². The molecule has 0 aromatic heterocycles. The summed E-state index contributed by atoms with van der Waals surface area (Å²) < 4.78 is 12.4. The van der Waals surface area contributed by atoms with E-state index >= 15 is 0 Å². The molecule has 2 saturated heterocycles. The van der Waals surface area contributed by atoms with Crippen LogP contribution in [0.2, 0.25) is 0 Å². The lowest BCUT2D eigenvalue weighted by Crippen LogP contribution is -2.86. The molecule has 9 nitrogen and oxygen atoms in total. The molecule has 2 aliphatic heterocycles. The Labute approximate surface area is 227 Å². The van der Waals surface area contributed by atoms with Crippen LogP contribution in [0.1, 0.15) is 66.7 Å². The number of ether oxygens (including phenoxy) is 2. The smallest absolute Gasteiger partial charge is 0.306 e. The van der Waals surface area contributed by atoms with Crippen molar-refractivity contribution in [3.8, 4) is 0 Å². The van der Waals surface area contributed by atoms with E-state index in [9.17, 15) is 24.9 Å². The van der Waals surface area contributed by atoms with Gasteiger partial charge in [0.05, 0.1) is 11.7 Å². The number of ketones is 1. The van der Waals surface area contributed by atoms with Crippen LogP contribution in [-0.2, 0) is 19.1 Å². The maximum absolute atomic E-state index is 13.8. The second kappa shape index (κ2) is 9.93. The van der Waals surface area contributed by atoms with Crippen LogP contribution in [0, 0.1) is 16.7 Å². The van der Waals surface area contributed by atoms with E-state index in [1.807, 2.05) is 13.8 Å². The Morgan fingerprint density at radius 2 is 1.79 bits per heavy atom. The fourth-order valence-electron chi connectivity index (χ4n) is 8.13. The maximum atomic E-state index is 13.8. The van der Waals surface area contributed by atoms with E-state index in [1.165, 1.54) is 13.0 Å². The zero-order valence-corrected chi connectivity index (χ0v) is 24.0. The van der Waals surface area contributed by atoms with Gasteiger partial charge in [-0.15, -0.1) is 6.58 Å².